The molecule has 34 heavy (non-hydrogen) atoms. The van der Waals surface area contributed by atoms with E-state index in [2.05, 4.69) is 36.4 Å². The lowest BCUT2D eigenvalue weighted by molar-refractivity contribution is -0.182. The molecule has 0 bridgehead atoms. The second-order valence-corrected chi connectivity index (χ2v) is 14.1. The van der Waals surface area contributed by atoms with E-state index in [1.165, 1.54) is 5.69 Å². The van der Waals surface area contributed by atoms with Gasteiger partial charge in [0, 0.05) is 41.6 Å². The normalized spacial score (nSPS) is 35.8. The molecule has 3 atom stereocenters. The molecule has 0 unspecified atom stereocenters. The van der Waals surface area contributed by atoms with Crippen LogP contribution in [0.2, 0.25) is 0 Å². The fourth-order valence-electron chi connectivity index (χ4n) is 7.37. The van der Waals surface area contributed by atoms with Gasteiger partial charge < -0.3 is 0 Å². The largest absolute Gasteiger partial charge is 0.391 e. The van der Waals surface area contributed by atoms with Gasteiger partial charge >= 0.3 is 6.18 Å². The van der Waals surface area contributed by atoms with Gasteiger partial charge in [0.2, 0.25) is 0 Å². The summed E-state index contributed by atoms with van der Waals surface area (Å²) in [6, 6.07) is 2.87. The summed E-state index contributed by atoms with van der Waals surface area (Å²) in [6.45, 7) is 8.43. The molecule has 4 aliphatic rings. The lowest BCUT2D eigenvalue weighted by Crippen LogP contribution is -2.50. The molecule has 9 heteroatoms. The highest BCUT2D eigenvalue weighted by Crippen LogP contribution is 2.48. The number of aromatic nitrogens is 2. The van der Waals surface area contributed by atoms with Crippen LogP contribution in [0.15, 0.2) is 6.07 Å². The van der Waals surface area contributed by atoms with Gasteiger partial charge in [-0.15, -0.1) is 0 Å². The third-order valence-corrected chi connectivity index (χ3v) is 11.3. The Kier molecular flexibility index (Phi) is 6.15. The van der Waals surface area contributed by atoms with Crippen molar-refractivity contribution >= 4 is 9.84 Å². The van der Waals surface area contributed by atoms with Crippen LogP contribution in [0.4, 0.5) is 13.2 Å². The number of halogens is 3. The number of sulfone groups is 1. The zero-order chi connectivity index (χ0) is 24.5. The molecule has 1 aromatic heterocycles. The third kappa shape index (κ3) is 4.56. The van der Waals surface area contributed by atoms with E-state index in [1.807, 2.05) is 0 Å². The van der Waals surface area contributed by atoms with E-state index in [1.54, 1.807) is 0 Å². The van der Waals surface area contributed by atoms with Crippen molar-refractivity contribution in [3.8, 4) is 0 Å². The topological polar surface area (TPSA) is 55.2 Å². The SMILES string of the molecule is CC(C)n1nc(C2CCC(C(F)(F)F)CC2)cc1[C@@H]1C[C@H](N2CCC3(C2)CS(=O)(=O)C3)C[C@@H]1C. The molecule has 0 aromatic carbocycles. The summed E-state index contributed by atoms with van der Waals surface area (Å²) in [4.78, 5) is 2.53. The van der Waals surface area contributed by atoms with Gasteiger partial charge in [0.15, 0.2) is 9.84 Å². The molecule has 2 saturated heterocycles. The number of nitrogens with zero attached hydrogens (tertiary/aromatic N) is 3. The molecule has 4 fully saturated rings. The Hall–Kier alpha value is -1.09. The van der Waals surface area contributed by atoms with E-state index in [0.717, 1.165) is 38.0 Å². The van der Waals surface area contributed by atoms with E-state index >= 15 is 0 Å². The first-order valence-electron chi connectivity index (χ1n) is 13.0. The Morgan fingerprint density at radius 3 is 2.38 bits per heavy atom. The highest BCUT2D eigenvalue weighted by atomic mass is 32.2. The summed E-state index contributed by atoms with van der Waals surface area (Å²) in [5, 5.41) is 4.94. The summed E-state index contributed by atoms with van der Waals surface area (Å²) in [7, 11) is -2.82. The maximum Gasteiger partial charge on any atom is 0.391 e. The van der Waals surface area contributed by atoms with Crippen molar-refractivity contribution in [3.05, 3.63) is 17.5 Å². The van der Waals surface area contributed by atoms with E-state index in [-0.39, 0.29) is 30.2 Å². The number of hydrogen-bond acceptors (Lipinski definition) is 4. The van der Waals surface area contributed by atoms with E-state index in [0.29, 0.717) is 42.2 Å². The zero-order valence-corrected chi connectivity index (χ0v) is 21.3. The van der Waals surface area contributed by atoms with Crippen molar-refractivity contribution in [2.24, 2.45) is 17.3 Å². The smallest absolute Gasteiger partial charge is 0.300 e. The Labute approximate surface area is 201 Å². The van der Waals surface area contributed by atoms with Gasteiger partial charge in [0.05, 0.1) is 23.1 Å². The summed E-state index contributed by atoms with van der Waals surface area (Å²) < 4.78 is 65.0. The first-order valence-corrected chi connectivity index (χ1v) is 14.8. The van der Waals surface area contributed by atoms with Crippen LogP contribution in [-0.2, 0) is 9.84 Å². The second kappa shape index (κ2) is 8.49. The minimum absolute atomic E-state index is 0.0116. The summed E-state index contributed by atoms with van der Waals surface area (Å²) >= 11 is 0. The number of alkyl halides is 3. The van der Waals surface area contributed by atoms with Gasteiger partial charge in [0.1, 0.15) is 0 Å². The fraction of sp³-hybridized carbons (Fsp3) is 0.880. The first kappa shape index (κ1) is 24.6. The molecule has 2 saturated carbocycles. The summed E-state index contributed by atoms with van der Waals surface area (Å²) in [6.07, 6.45) is 0.556. The Morgan fingerprint density at radius 2 is 1.79 bits per heavy atom. The fourth-order valence-corrected chi connectivity index (χ4v) is 9.62. The van der Waals surface area contributed by atoms with Crippen LogP contribution < -0.4 is 0 Å². The monoisotopic (exact) mass is 501 g/mol. The maximum absolute atomic E-state index is 13.1. The quantitative estimate of drug-likeness (QED) is 0.562. The summed E-state index contributed by atoms with van der Waals surface area (Å²) in [5.74, 6) is 0.519. The van der Waals surface area contributed by atoms with Gasteiger partial charge in [-0.2, -0.15) is 18.3 Å². The molecule has 5 rings (SSSR count). The maximum atomic E-state index is 13.1. The van der Waals surface area contributed by atoms with Crippen molar-refractivity contribution in [1.29, 1.82) is 0 Å². The van der Waals surface area contributed by atoms with E-state index in [4.69, 9.17) is 5.10 Å². The average molecular weight is 502 g/mol. The highest BCUT2D eigenvalue weighted by Gasteiger charge is 2.54. The lowest BCUT2D eigenvalue weighted by atomic mass is 9.80. The molecule has 2 aliphatic heterocycles. The Morgan fingerprint density at radius 1 is 1.12 bits per heavy atom. The summed E-state index contributed by atoms with van der Waals surface area (Å²) in [5.41, 5.74) is 2.19. The predicted molar refractivity (Wildman–Crippen MR) is 126 cm³/mol. The molecule has 192 valence electrons. The van der Waals surface area contributed by atoms with Crippen molar-refractivity contribution in [1.82, 2.24) is 14.7 Å². The van der Waals surface area contributed by atoms with Crippen molar-refractivity contribution in [2.45, 2.75) is 95.8 Å². The third-order valence-electron chi connectivity index (χ3n) is 9.15. The minimum Gasteiger partial charge on any atom is -0.300 e. The van der Waals surface area contributed by atoms with Crippen molar-refractivity contribution in [3.63, 3.8) is 0 Å². The molecular formula is C25H38F3N3O2S. The van der Waals surface area contributed by atoms with Crippen LogP contribution >= 0.6 is 0 Å². The Bertz CT molecular complexity index is 999. The van der Waals surface area contributed by atoms with Gasteiger partial charge in [-0.05, 0) is 77.3 Å². The standard InChI is InChI=1S/C25H38F3N3O2S/c1-16(2)31-23(12-22(29-31)18-4-6-19(7-5-18)25(26,27)28)21-11-20(10-17(21)3)30-9-8-24(13-30)14-34(32,33)15-24/h12,16-21H,4-11,13-15H2,1-3H3/t17-,18?,19?,20+,21+/m0/s1. The van der Waals surface area contributed by atoms with Crippen LogP contribution in [0.25, 0.3) is 0 Å². The average Bonchev–Trinajstić information content (AvgIpc) is 3.43. The molecule has 0 N–H and O–H groups in total. The van der Waals surface area contributed by atoms with Crippen LogP contribution in [-0.4, -0.2) is 59.9 Å². The molecular weight excluding hydrogens is 463 g/mol. The second-order valence-electron chi connectivity index (χ2n) is 12.1. The highest BCUT2D eigenvalue weighted by molar-refractivity contribution is 7.92. The molecule has 0 amide bonds. The van der Waals surface area contributed by atoms with Crippen LogP contribution in [0.3, 0.4) is 0 Å². The molecule has 5 nitrogen and oxygen atoms in total. The minimum atomic E-state index is -4.08. The molecule has 1 aromatic rings. The molecule has 3 heterocycles. The van der Waals surface area contributed by atoms with Gasteiger partial charge in [-0.1, -0.05) is 6.92 Å². The number of likely N-dealkylation sites (tertiary alicyclic amines) is 1. The first-order chi connectivity index (χ1) is 15.9. The van der Waals surface area contributed by atoms with E-state index < -0.39 is 21.9 Å². The van der Waals surface area contributed by atoms with Gasteiger partial charge in [-0.25, -0.2) is 8.42 Å². The predicted octanol–water partition coefficient (Wildman–Crippen LogP) is 5.30. The van der Waals surface area contributed by atoms with Crippen LogP contribution in [0, 0.1) is 17.3 Å². The van der Waals surface area contributed by atoms with Crippen LogP contribution in [0.5, 0.6) is 0 Å². The number of rotatable bonds is 4. The lowest BCUT2D eigenvalue weighted by Gasteiger charge is -2.38. The molecule has 0 radical (unpaired) electrons. The van der Waals surface area contributed by atoms with Gasteiger partial charge in [-0.3, -0.25) is 9.58 Å². The van der Waals surface area contributed by atoms with Crippen molar-refractivity contribution < 1.29 is 21.6 Å². The molecule has 1 spiro atoms. The number of hydrogen-bond donors (Lipinski definition) is 0. The van der Waals surface area contributed by atoms with E-state index in [9.17, 15) is 21.6 Å². The van der Waals surface area contributed by atoms with Crippen molar-refractivity contribution in [2.75, 3.05) is 24.6 Å². The van der Waals surface area contributed by atoms with Crippen LogP contribution in [0.1, 0.15) is 95.0 Å². The Balaban J connectivity index is 1.28. The zero-order valence-electron chi connectivity index (χ0n) is 20.5. The van der Waals surface area contributed by atoms with Gasteiger partial charge in [0.25, 0.3) is 0 Å². The molecule has 2 aliphatic carbocycles.